The number of aromatic nitrogens is 1. The molecule has 23 heavy (non-hydrogen) atoms. The van der Waals surface area contributed by atoms with Gasteiger partial charge in [0.1, 0.15) is 0 Å². The Balaban J connectivity index is 1.54. The highest BCUT2D eigenvalue weighted by molar-refractivity contribution is 5.78. The maximum Gasteiger partial charge on any atom is 0.225 e. The number of hydrogen-bond donors (Lipinski definition) is 1. The first-order valence-electron chi connectivity index (χ1n) is 8.45. The predicted molar refractivity (Wildman–Crippen MR) is 92.9 cm³/mol. The van der Waals surface area contributed by atoms with Gasteiger partial charge >= 0.3 is 0 Å². The zero-order valence-electron chi connectivity index (χ0n) is 13.8. The molecule has 1 aliphatic heterocycles. The molecule has 1 fully saturated rings. The molecule has 1 aliphatic rings. The van der Waals surface area contributed by atoms with Crippen LogP contribution < -0.4 is 5.32 Å². The van der Waals surface area contributed by atoms with Crippen LogP contribution in [0.4, 0.5) is 0 Å². The fraction of sp³-hybridized carbons (Fsp3) is 0.421. The van der Waals surface area contributed by atoms with E-state index in [-0.39, 0.29) is 5.91 Å². The lowest BCUT2D eigenvalue weighted by Gasteiger charge is -2.15. The van der Waals surface area contributed by atoms with E-state index in [2.05, 4.69) is 46.0 Å². The zero-order chi connectivity index (χ0) is 16.1. The zero-order valence-corrected chi connectivity index (χ0v) is 13.8. The summed E-state index contributed by atoms with van der Waals surface area (Å²) < 4.78 is 2.08. The van der Waals surface area contributed by atoms with Crippen molar-refractivity contribution >= 4 is 5.91 Å². The number of nitrogens with one attached hydrogen (secondary N) is 1. The first-order valence-corrected chi connectivity index (χ1v) is 8.45. The number of benzene rings is 1. The maximum absolute atomic E-state index is 12.2. The lowest BCUT2D eigenvalue weighted by atomic mass is 10.2. The number of rotatable bonds is 6. The normalized spacial score (nSPS) is 15.0. The van der Waals surface area contributed by atoms with Crippen LogP contribution in [0.3, 0.4) is 0 Å². The van der Waals surface area contributed by atoms with Crippen molar-refractivity contribution < 1.29 is 4.79 Å². The summed E-state index contributed by atoms with van der Waals surface area (Å²) in [6.45, 7) is 6.13. The van der Waals surface area contributed by atoms with Gasteiger partial charge in [-0.15, -0.1) is 0 Å². The number of hydrogen-bond acceptors (Lipinski definition) is 2. The smallest absolute Gasteiger partial charge is 0.225 e. The maximum atomic E-state index is 12.2. The minimum Gasteiger partial charge on any atom is -0.354 e. The van der Waals surface area contributed by atoms with Crippen LogP contribution in [0, 0.1) is 6.92 Å². The molecule has 3 rings (SSSR count). The van der Waals surface area contributed by atoms with Gasteiger partial charge in [0.25, 0.3) is 0 Å². The molecule has 1 amide bonds. The van der Waals surface area contributed by atoms with Crippen molar-refractivity contribution in [1.82, 2.24) is 14.8 Å². The van der Waals surface area contributed by atoms with Crippen molar-refractivity contribution in [2.75, 3.05) is 26.2 Å². The molecular formula is C19H25N3O. The largest absolute Gasteiger partial charge is 0.354 e. The second-order valence-electron chi connectivity index (χ2n) is 6.28. The average Bonchev–Trinajstić information content (AvgIpc) is 3.20. The Labute approximate surface area is 138 Å². The van der Waals surface area contributed by atoms with Crippen LogP contribution in [-0.4, -0.2) is 41.6 Å². The first-order chi connectivity index (χ1) is 11.2. The van der Waals surface area contributed by atoms with Gasteiger partial charge in [-0.2, -0.15) is 0 Å². The number of aryl methyl sites for hydroxylation is 1. The number of carbonyl (C=O) groups is 1. The average molecular weight is 311 g/mol. The minimum atomic E-state index is 0.0938. The minimum absolute atomic E-state index is 0.0938. The monoisotopic (exact) mass is 311 g/mol. The molecule has 4 nitrogen and oxygen atoms in total. The van der Waals surface area contributed by atoms with Crippen LogP contribution in [0.2, 0.25) is 0 Å². The van der Waals surface area contributed by atoms with E-state index in [9.17, 15) is 4.79 Å². The van der Waals surface area contributed by atoms with Crippen LogP contribution in [0.1, 0.15) is 24.1 Å². The molecule has 0 aliphatic carbocycles. The summed E-state index contributed by atoms with van der Waals surface area (Å²) in [5, 5.41) is 3.04. The van der Waals surface area contributed by atoms with Crippen molar-refractivity contribution in [2.45, 2.75) is 26.2 Å². The van der Waals surface area contributed by atoms with Gasteiger partial charge in [0.15, 0.2) is 0 Å². The van der Waals surface area contributed by atoms with E-state index in [1.165, 1.54) is 31.5 Å². The highest BCUT2D eigenvalue weighted by Gasteiger charge is 2.12. The Morgan fingerprint density at radius 2 is 1.87 bits per heavy atom. The molecule has 1 aromatic carbocycles. The van der Waals surface area contributed by atoms with E-state index < -0.39 is 0 Å². The van der Waals surface area contributed by atoms with Crippen molar-refractivity contribution in [3.63, 3.8) is 0 Å². The van der Waals surface area contributed by atoms with Crippen molar-refractivity contribution in [2.24, 2.45) is 0 Å². The van der Waals surface area contributed by atoms with Crippen LogP contribution in [0.5, 0.6) is 0 Å². The van der Waals surface area contributed by atoms with Crippen LogP contribution in [-0.2, 0) is 11.2 Å². The molecule has 0 atom stereocenters. The number of carbonyl (C=O) groups excluding carboxylic acids is 1. The van der Waals surface area contributed by atoms with Gasteiger partial charge in [0, 0.05) is 30.7 Å². The molecule has 2 heterocycles. The van der Waals surface area contributed by atoms with Gasteiger partial charge in [-0.05, 0) is 57.1 Å². The third kappa shape index (κ3) is 4.23. The van der Waals surface area contributed by atoms with Gasteiger partial charge in [-0.3, -0.25) is 4.79 Å². The second kappa shape index (κ2) is 7.47. The first kappa shape index (κ1) is 15.8. The molecule has 0 radical (unpaired) electrons. The van der Waals surface area contributed by atoms with E-state index in [4.69, 9.17) is 0 Å². The lowest BCUT2D eigenvalue weighted by molar-refractivity contribution is -0.120. The fourth-order valence-corrected chi connectivity index (χ4v) is 3.10. The molecule has 0 saturated carbocycles. The molecule has 1 aromatic heterocycles. The summed E-state index contributed by atoms with van der Waals surface area (Å²) >= 11 is 0. The Hall–Kier alpha value is -2.07. The van der Waals surface area contributed by atoms with Crippen LogP contribution >= 0.6 is 0 Å². The van der Waals surface area contributed by atoms with E-state index in [1.54, 1.807) is 0 Å². The fourth-order valence-electron chi connectivity index (χ4n) is 3.10. The highest BCUT2D eigenvalue weighted by atomic mass is 16.1. The molecule has 0 unspecified atom stereocenters. The molecule has 122 valence electrons. The third-order valence-corrected chi connectivity index (χ3v) is 4.44. The standard InChI is InChI=1S/C19H25N3O/c1-16-6-8-17(9-7-16)22-13-4-5-18(22)15-19(23)20-10-14-21-11-2-3-12-21/h4-9,13H,2-3,10-12,14-15H2,1H3,(H,20,23). The topological polar surface area (TPSA) is 37.3 Å². The number of likely N-dealkylation sites (tertiary alicyclic amines) is 1. The Morgan fingerprint density at radius 1 is 1.13 bits per heavy atom. The number of amides is 1. The summed E-state index contributed by atoms with van der Waals surface area (Å²) in [6, 6.07) is 12.4. The summed E-state index contributed by atoms with van der Waals surface area (Å²) in [4.78, 5) is 14.6. The summed E-state index contributed by atoms with van der Waals surface area (Å²) in [5.74, 6) is 0.0938. The van der Waals surface area contributed by atoms with Gasteiger partial charge in [0.2, 0.25) is 5.91 Å². The molecular weight excluding hydrogens is 286 g/mol. The molecule has 0 bridgehead atoms. The lowest BCUT2D eigenvalue weighted by Crippen LogP contribution is -2.34. The molecule has 1 saturated heterocycles. The summed E-state index contributed by atoms with van der Waals surface area (Å²) in [7, 11) is 0. The molecule has 2 aromatic rings. The van der Waals surface area contributed by atoms with Gasteiger partial charge in [-0.1, -0.05) is 17.7 Å². The third-order valence-electron chi connectivity index (χ3n) is 4.44. The Morgan fingerprint density at radius 3 is 2.61 bits per heavy atom. The quantitative estimate of drug-likeness (QED) is 0.890. The van der Waals surface area contributed by atoms with E-state index >= 15 is 0 Å². The van der Waals surface area contributed by atoms with Crippen LogP contribution in [0.15, 0.2) is 42.6 Å². The van der Waals surface area contributed by atoms with E-state index in [1.807, 2.05) is 18.3 Å². The summed E-state index contributed by atoms with van der Waals surface area (Å²) in [6.07, 6.45) is 5.01. The van der Waals surface area contributed by atoms with Gasteiger partial charge in [-0.25, -0.2) is 0 Å². The van der Waals surface area contributed by atoms with Crippen LogP contribution in [0.25, 0.3) is 5.69 Å². The van der Waals surface area contributed by atoms with E-state index in [0.29, 0.717) is 6.42 Å². The molecule has 0 spiro atoms. The Bertz CT molecular complexity index is 639. The summed E-state index contributed by atoms with van der Waals surface area (Å²) in [5.41, 5.74) is 3.36. The molecule has 4 heteroatoms. The van der Waals surface area contributed by atoms with Gasteiger partial charge in [0.05, 0.1) is 6.42 Å². The van der Waals surface area contributed by atoms with Gasteiger partial charge < -0.3 is 14.8 Å². The Kier molecular flexibility index (Phi) is 5.13. The second-order valence-corrected chi connectivity index (χ2v) is 6.28. The van der Waals surface area contributed by atoms with Crippen molar-refractivity contribution in [1.29, 1.82) is 0 Å². The highest BCUT2D eigenvalue weighted by Crippen LogP contribution is 2.14. The predicted octanol–water partition coefficient (Wildman–Crippen LogP) is 2.54. The molecule has 1 N–H and O–H groups in total. The van der Waals surface area contributed by atoms with Crippen molar-refractivity contribution in [3.05, 3.63) is 53.9 Å². The number of nitrogens with zero attached hydrogens (tertiary/aromatic N) is 2. The van der Waals surface area contributed by atoms with Crippen molar-refractivity contribution in [3.8, 4) is 5.69 Å². The van der Waals surface area contributed by atoms with E-state index in [0.717, 1.165) is 24.5 Å². The SMILES string of the molecule is Cc1ccc(-n2cccc2CC(=O)NCCN2CCCC2)cc1.